The molecule has 1 nitrogen and oxygen atoms in total. The van der Waals surface area contributed by atoms with E-state index < -0.39 is 7.92 Å². The van der Waals surface area contributed by atoms with Crippen molar-refractivity contribution in [3.8, 4) is 0 Å². The summed E-state index contributed by atoms with van der Waals surface area (Å²) in [5.74, 6) is 0.960. The molecule has 0 unspecified atom stereocenters. The van der Waals surface area contributed by atoms with Gasteiger partial charge in [0.05, 0.1) is 13.3 Å². The van der Waals surface area contributed by atoms with Gasteiger partial charge in [-0.3, -0.25) is 0 Å². The van der Waals surface area contributed by atoms with Gasteiger partial charge in [-0.05, 0) is 35.3 Å². The molecule has 2 heteroatoms. The Bertz CT molecular complexity index is 1180. The fraction of sp³-hybridized carbons (Fsp3) is 0.457. The van der Waals surface area contributed by atoms with Crippen LogP contribution < -0.4 is 10.6 Å². The van der Waals surface area contributed by atoms with Crippen LogP contribution in [-0.4, -0.2) is 15.6 Å². The summed E-state index contributed by atoms with van der Waals surface area (Å²) in [5, 5.41) is 2.97. The van der Waals surface area contributed by atoms with Crippen LogP contribution in [0.25, 0.3) is 0 Å². The Hall–Kier alpha value is -2.24. The summed E-state index contributed by atoms with van der Waals surface area (Å²) in [7, 11) is -0.665. The molecule has 2 aliphatic rings. The molecule has 1 aliphatic heterocycles. The first-order valence-electron chi connectivity index (χ1n) is 14.5. The van der Waals surface area contributed by atoms with Crippen molar-refractivity contribution < 1.29 is 4.58 Å². The first-order chi connectivity index (χ1) is 17.8. The summed E-state index contributed by atoms with van der Waals surface area (Å²) in [6.45, 7) is 14.6. The highest BCUT2D eigenvalue weighted by molar-refractivity contribution is 7.88. The van der Waals surface area contributed by atoms with Crippen LogP contribution in [0.1, 0.15) is 103 Å². The van der Waals surface area contributed by atoms with Crippen LogP contribution in [0.15, 0.2) is 78.9 Å². The molecule has 3 aromatic rings. The largest absolute Gasteiger partial charge is 0.212 e. The maximum absolute atomic E-state index is 2.91. The van der Waals surface area contributed by atoms with Crippen LogP contribution in [0, 0.1) is 5.41 Å². The summed E-state index contributed by atoms with van der Waals surface area (Å²) in [6, 6.07) is 30.0. The van der Waals surface area contributed by atoms with Gasteiger partial charge in [0, 0.05) is 31.4 Å². The van der Waals surface area contributed by atoms with E-state index in [4.69, 9.17) is 0 Å². The van der Waals surface area contributed by atoms with Crippen molar-refractivity contribution in [2.45, 2.75) is 97.4 Å². The number of hydrogen-bond acceptors (Lipinski definition) is 0. The van der Waals surface area contributed by atoms with Crippen molar-refractivity contribution in [2.75, 3.05) is 0 Å². The molecule has 194 valence electrons. The summed E-state index contributed by atoms with van der Waals surface area (Å²) in [6.07, 6.45) is 7.97. The maximum atomic E-state index is 2.91. The molecule has 1 heterocycles. The second kappa shape index (κ2) is 10.5. The smallest absolute Gasteiger partial charge is 0.190 e. The third-order valence-corrected chi connectivity index (χ3v) is 11.4. The fourth-order valence-electron chi connectivity index (χ4n) is 7.20. The zero-order valence-corrected chi connectivity index (χ0v) is 24.7. The van der Waals surface area contributed by atoms with E-state index >= 15 is 0 Å². The molecular weight excluding hydrogens is 465 g/mol. The minimum Gasteiger partial charge on any atom is -0.190 e. The molecular formula is C35H45NP+. The topological polar surface area (TPSA) is 3.01 Å². The Morgan fingerprint density at radius 1 is 0.649 bits per heavy atom. The molecule has 1 saturated carbocycles. The number of benzene rings is 3. The lowest BCUT2D eigenvalue weighted by Crippen LogP contribution is -2.36. The highest BCUT2D eigenvalue weighted by Gasteiger charge is 2.60. The van der Waals surface area contributed by atoms with E-state index in [0.717, 1.165) is 0 Å². The van der Waals surface area contributed by atoms with E-state index in [9.17, 15) is 0 Å². The molecule has 0 amide bonds. The first kappa shape index (κ1) is 26.4. The quantitative estimate of drug-likeness (QED) is 0.230. The molecule has 0 saturated heterocycles. The Balaban J connectivity index is 1.93. The van der Waals surface area contributed by atoms with E-state index in [-0.39, 0.29) is 11.0 Å². The van der Waals surface area contributed by atoms with Crippen LogP contribution in [0.2, 0.25) is 0 Å². The van der Waals surface area contributed by atoms with E-state index in [1.165, 1.54) is 65.9 Å². The van der Waals surface area contributed by atoms with Crippen molar-refractivity contribution in [1.29, 1.82) is 0 Å². The van der Waals surface area contributed by atoms with Crippen LogP contribution in [0.5, 0.6) is 0 Å². The first-order valence-corrected chi connectivity index (χ1v) is 15.8. The second-order valence-corrected chi connectivity index (χ2v) is 14.7. The van der Waals surface area contributed by atoms with Gasteiger partial charge < -0.3 is 0 Å². The van der Waals surface area contributed by atoms with Crippen molar-refractivity contribution in [3.05, 3.63) is 90.0 Å². The van der Waals surface area contributed by atoms with Crippen molar-refractivity contribution in [3.63, 3.8) is 0 Å². The Morgan fingerprint density at radius 3 is 1.59 bits per heavy atom. The lowest BCUT2D eigenvalue weighted by atomic mass is 9.70. The van der Waals surface area contributed by atoms with Gasteiger partial charge in [0.15, 0.2) is 11.0 Å². The number of para-hydroxylation sites is 1. The van der Waals surface area contributed by atoms with Crippen LogP contribution in [-0.2, 0) is 0 Å². The molecule has 5 rings (SSSR count). The molecule has 0 atom stereocenters. The third kappa shape index (κ3) is 4.85. The summed E-state index contributed by atoms with van der Waals surface area (Å²) in [4.78, 5) is 0. The van der Waals surface area contributed by atoms with Crippen LogP contribution in [0.4, 0.5) is 5.69 Å². The van der Waals surface area contributed by atoms with Crippen molar-refractivity contribution >= 4 is 29.7 Å². The van der Waals surface area contributed by atoms with Crippen LogP contribution in [0.3, 0.4) is 0 Å². The lowest BCUT2D eigenvalue weighted by Gasteiger charge is -2.35. The predicted molar refractivity (Wildman–Crippen MR) is 163 cm³/mol. The Labute approximate surface area is 226 Å². The van der Waals surface area contributed by atoms with E-state index in [0.29, 0.717) is 11.8 Å². The molecule has 0 N–H and O–H groups in total. The van der Waals surface area contributed by atoms with E-state index in [1.54, 1.807) is 5.45 Å². The molecule has 0 radical (unpaired) electrons. The van der Waals surface area contributed by atoms with Gasteiger partial charge >= 0.3 is 0 Å². The minimum atomic E-state index is -0.665. The minimum absolute atomic E-state index is 0.0610. The highest BCUT2D eigenvalue weighted by atomic mass is 31.1. The molecule has 0 bridgehead atoms. The highest BCUT2D eigenvalue weighted by Crippen LogP contribution is 2.60. The van der Waals surface area contributed by atoms with Gasteiger partial charge in [-0.2, -0.15) is 4.58 Å². The maximum Gasteiger partial charge on any atom is 0.212 e. The van der Waals surface area contributed by atoms with Gasteiger partial charge in [-0.1, -0.05) is 126 Å². The monoisotopic (exact) mass is 510 g/mol. The third-order valence-electron chi connectivity index (χ3n) is 8.68. The molecule has 1 spiro atoms. The zero-order chi connectivity index (χ0) is 26.2. The summed E-state index contributed by atoms with van der Waals surface area (Å²) in [5.41, 5.74) is 6.55. The number of rotatable bonds is 6. The molecule has 37 heavy (non-hydrogen) atoms. The number of hydrogen-bond donors (Lipinski definition) is 0. The van der Waals surface area contributed by atoms with Gasteiger partial charge in [0.25, 0.3) is 0 Å². The van der Waals surface area contributed by atoms with Gasteiger partial charge in [-0.15, -0.1) is 0 Å². The lowest BCUT2D eigenvalue weighted by molar-refractivity contribution is -0.514. The molecule has 1 aliphatic carbocycles. The average Bonchev–Trinajstić information content (AvgIpc) is 3.10. The average molecular weight is 511 g/mol. The SMILES string of the molecule is CC(C)c1cccc(C(C)C)c1[N+]1=C(P(c2ccccc2)c2ccccc2)C2(CCCCC2)CC1(C)C. The standard InChI is InChI=1S/C35H45NP/c1-26(2)30-21-16-22-31(27(3)4)32(30)36-33(35(25-34(36,5)6)23-14-9-15-24-35)37(28-17-10-7-11-18-28)29-19-12-8-13-20-29/h7-8,10-13,16-22,26-27H,9,14-15,23-25H2,1-6H3/q+1. The molecule has 1 fully saturated rings. The normalized spacial score (nSPS) is 18.9. The number of nitrogens with zero attached hydrogens (tertiary/aromatic N) is 1. The molecule has 0 aromatic heterocycles. The Kier molecular flexibility index (Phi) is 7.48. The predicted octanol–water partition coefficient (Wildman–Crippen LogP) is 9.24. The van der Waals surface area contributed by atoms with Gasteiger partial charge in [0.1, 0.15) is 0 Å². The van der Waals surface area contributed by atoms with Crippen LogP contribution >= 0.6 is 7.92 Å². The van der Waals surface area contributed by atoms with E-state index in [2.05, 4.69) is 125 Å². The summed E-state index contributed by atoms with van der Waals surface area (Å²) >= 11 is 0. The summed E-state index contributed by atoms with van der Waals surface area (Å²) < 4.78 is 2.91. The Morgan fingerprint density at radius 2 is 1.14 bits per heavy atom. The zero-order valence-electron chi connectivity index (χ0n) is 23.8. The van der Waals surface area contributed by atoms with E-state index in [1.807, 2.05) is 0 Å². The second-order valence-electron chi connectivity index (χ2n) is 12.6. The van der Waals surface area contributed by atoms with Crippen molar-refractivity contribution in [1.82, 2.24) is 0 Å². The van der Waals surface area contributed by atoms with Gasteiger partial charge in [-0.25, -0.2) is 0 Å². The van der Waals surface area contributed by atoms with Gasteiger partial charge in [0.2, 0.25) is 5.69 Å². The fourth-order valence-corrected chi connectivity index (χ4v) is 10.3. The van der Waals surface area contributed by atoms with Crippen molar-refractivity contribution in [2.24, 2.45) is 5.41 Å². The molecule has 3 aromatic carbocycles.